The number of furan rings is 1. The molecule has 0 amide bonds. The van der Waals surface area contributed by atoms with Crippen molar-refractivity contribution in [3.63, 3.8) is 0 Å². The van der Waals surface area contributed by atoms with Gasteiger partial charge in [0.15, 0.2) is 0 Å². The van der Waals surface area contributed by atoms with Crippen LogP contribution in [0.2, 0.25) is 0 Å². The van der Waals surface area contributed by atoms with Crippen LogP contribution in [0.25, 0.3) is 0 Å². The van der Waals surface area contributed by atoms with Crippen LogP contribution in [0.5, 0.6) is 0 Å². The van der Waals surface area contributed by atoms with E-state index in [0.29, 0.717) is 12.8 Å². The van der Waals surface area contributed by atoms with E-state index in [1.165, 1.54) is 5.56 Å². The maximum Gasteiger partial charge on any atom is 0.147 e. The molecule has 2 rings (SSSR count). The van der Waals surface area contributed by atoms with Gasteiger partial charge in [-0.15, -0.1) is 0 Å². The lowest BCUT2D eigenvalue weighted by molar-refractivity contribution is -0.137. The second kappa shape index (κ2) is 5.67. The molecule has 1 aliphatic heterocycles. The van der Waals surface area contributed by atoms with Gasteiger partial charge in [-0.2, -0.15) is 0 Å². The van der Waals surface area contributed by atoms with Gasteiger partial charge in [0.25, 0.3) is 0 Å². The maximum atomic E-state index is 5.54. The normalized spacial score (nSPS) is 22.6. The number of ether oxygens (including phenoxy) is 2. The third kappa shape index (κ3) is 3.31. The molecule has 4 heteroatoms. The second-order valence-electron chi connectivity index (χ2n) is 4.60. The molecule has 1 aromatic rings. The van der Waals surface area contributed by atoms with Crippen molar-refractivity contribution in [3.05, 3.63) is 23.2 Å². The molecule has 1 aliphatic rings. The summed E-state index contributed by atoms with van der Waals surface area (Å²) in [5.74, 6) is 1.96. The van der Waals surface area contributed by atoms with Gasteiger partial charge < -0.3 is 19.2 Å². The summed E-state index contributed by atoms with van der Waals surface area (Å²) in [7, 11) is 0. The highest BCUT2D eigenvalue weighted by atomic mass is 16.7. The Labute approximate surface area is 102 Å². The van der Waals surface area contributed by atoms with Gasteiger partial charge in [-0.05, 0) is 33.3 Å². The fourth-order valence-corrected chi connectivity index (χ4v) is 2.16. The van der Waals surface area contributed by atoms with Crippen LogP contribution in [0.4, 0.5) is 0 Å². The summed E-state index contributed by atoms with van der Waals surface area (Å²) in [4.78, 5) is 0. The zero-order valence-corrected chi connectivity index (χ0v) is 10.8. The summed E-state index contributed by atoms with van der Waals surface area (Å²) in [6.07, 6.45) is 1.22. The van der Waals surface area contributed by atoms with Crippen LogP contribution < -0.4 is 5.32 Å². The smallest absolute Gasteiger partial charge is 0.147 e. The predicted octanol–water partition coefficient (Wildman–Crippen LogP) is 2.31. The van der Waals surface area contributed by atoms with E-state index < -0.39 is 0 Å². The molecule has 17 heavy (non-hydrogen) atoms. The van der Waals surface area contributed by atoms with Crippen molar-refractivity contribution in [3.8, 4) is 0 Å². The van der Waals surface area contributed by atoms with Crippen LogP contribution in [0.3, 0.4) is 0 Å². The van der Waals surface area contributed by atoms with E-state index >= 15 is 0 Å². The molecule has 96 valence electrons. The van der Waals surface area contributed by atoms with Crippen LogP contribution >= 0.6 is 0 Å². The Hall–Kier alpha value is -0.840. The zero-order valence-electron chi connectivity index (χ0n) is 10.8. The maximum absolute atomic E-state index is 5.54. The molecule has 0 spiro atoms. The third-order valence-electron chi connectivity index (χ3n) is 3.17. The van der Waals surface area contributed by atoms with Gasteiger partial charge in [0.1, 0.15) is 18.3 Å². The number of nitrogens with one attached hydrogen (secondary N) is 1. The quantitative estimate of drug-likeness (QED) is 0.875. The molecule has 0 aliphatic carbocycles. The van der Waals surface area contributed by atoms with E-state index in [2.05, 4.69) is 18.3 Å². The van der Waals surface area contributed by atoms with Crippen molar-refractivity contribution in [2.24, 2.45) is 0 Å². The number of aryl methyl sites for hydroxylation is 2. The minimum absolute atomic E-state index is 0.263. The summed E-state index contributed by atoms with van der Waals surface area (Å²) in [5.41, 5.74) is 1.23. The van der Waals surface area contributed by atoms with E-state index in [1.807, 2.05) is 13.8 Å². The molecule has 0 saturated carbocycles. The van der Waals surface area contributed by atoms with Gasteiger partial charge in [0.2, 0.25) is 0 Å². The van der Waals surface area contributed by atoms with E-state index in [4.69, 9.17) is 13.9 Å². The van der Waals surface area contributed by atoms with Crippen LogP contribution in [0, 0.1) is 13.8 Å². The summed E-state index contributed by atoms with van der Waals surface area (Å²) < 4.78 is 16.2. The first-order chi connectivity index (χ1) is 8.16. The molecule has 0 radical (unpaired) electrons. The van der Waals surface area contributed by atoms with Gasteiger partial charge in [0, 0.05) is 18.2 Å². The Balaban J connectivity index is 1.84. The average Bonchev–Trinajstić information content (AvgIpc) is 2.67. The molecule has 0 bridgehead atoms. The monoisotopic (exact) mass is 239 g/mol. The number of hydrogen-bond donors (Lipinski definition) is 1. The Morgan fingerprint density at radius 3 is 2.88 bits per heavy atom. The number of rotatable bonds is 4. The van der Waals surface area contributed by atoms with Gasteiger partial charge >= 0.3 is 0 Å². The highest BCUT2D eigenvalue weighted by Gasteiger charge is 2.17. The van der Waals surface area contributed by atoms with E-state index in [0.717, 1.165) is 31.1 Å². The molecule has 4 nitrogen and oxygen atoms in total. The van der Waals surface area contributed by atoms with Crippen LogP contribution in [0.1, 0.15) is 36.5 Å². The van der Waals surface area contributed by atoms with Crippen molar-refractivity contribution >= 4 is 0 Å². The van der Waals surface area contributed by atoms with Gasteiger partial charge in [-0.1, -0.05) is 0 Å². The van der Waals surface area contributed by atoms with Crippen molar-refractivity contribution < 1.29 is 13.9 Å². The minimum Gasteiger partial charge on any atom is -0.466 e. The lowest BCUT2D eigenvalue weighted by Crippen LogP contribution is -2.35. The van der Waals surface area contributed by atoms with Crippen molar-refractivity contribution in [2.45, 2.75) is 39.3 Å². The largest absolute Gasteiger partial charge is 0.466 e. The van der Waals surface area contributed by atoms with Gasteiger partial charge in [-0.3, -0.25) is 0 Å². The lowest BCUT2D eigenvalue weighted by Gasteiger charge is -2.24. The zero-order chi connectivity index (χ0) is 12.3. The summed E-state index contributed by atoms with van der Waals surface area (Å²) >= 11 is 0. The van der Waals surface area contributed by atoms with Crippen LogP contribution in [-0.4, -0.2) is 26.0 Å². The molecule has 1 aromatic heterocycles. The fourth-order valence-electron chi connectivity index (χ4n) is 2.16. The molecule has 1 fully saturated rings. The first-order valence-electron chi connectivity index (χ1n) is 6.16. The SMILES string of the molecule is Cc1cc(C(C)NCC2CCOCO2)c(C)o1. The second-order valence-corrected chi connectivity index (χ2v) is 4.60. The summed E-state index contributed by atoms with van der Waals surface area (Å²) in [6, 6.07) is 2.39. The Morgan fingerprint density at radius 2 is 2.29 bits per heavy atom. The Bertz CT molecular complexity index is 356. The average molecular weight is 239 g/mol. The Morgan fingerprint density at radius 1 is 1.47 bits per heavy atom. The molecule has 0 aromatic carbocycles. The van der Waals surface area contributed by atoms with Crippen molar-refractivity contribution in [1.82, 2.24) is 5.32 Å². The topological polar surface area (TPSA) is 43.6 Å². The highest BCUT2D eigenvalue weighted by Crippen LogP contribution is 2.21. The molecular weight excluding hydrogens is 218 g/mol. The van der Waals surface area contributed by atoms with E-state index in [-0.39, 0.29) is 6.10 Å². The first kappa shape index (κ1) is 12.6. The molecule has 2 unspecified atom stereocenters. The molecule has 2 heterocycles. The Kier molecular flexibility index (Phi) is 4.20. The van der Waals surface area contributed by atoms with Gasteiger partial charge in [0.05, 0.1) is 12.7 Å². The predicted molar refractivity (Wildman–Crippen MR) is 64.9 cm³/mol. The molecule has 2 atom stereocenters. The van der Waals surface area contributed by atoms with Gasteiger partial charge in [-0.25, -0.2) is 0 Å². The minimum atomic E-state index is 0.263. The highest BCUT2D eigenvalue weighted by molar-refractivity contribution is 5.23. The molecular formula is C13H21NO3. The lowest BCUT2D eigenvalue weighted by atomic mass is 10.1. The van der Waals surface area contributed by atoms with Crippen LogP contribution in [-0.2, 0) is 9.47 Å². The fraction of sp³-hybridized carbons (Fsp3) is 0.692. The first-order valence-corrected chi connectivity index (χ1v) is 6.16. The van der Waals surface area contributed by atoms with Crippen LogP contribution in [0.15, 0.2) is 10.5 Å². The summed E-state index contributed by atoms with van der Waals surface area (Å²) in [5, 5.41) is 3.48. The van der Waals surface area contributed by atoms with Crippen molar-refractivity contribution in [2.75, 3.05) is 19.9 Å². The number of hydrogen-bond acceptors (Lipinski definition) is 4. The van der Waals surface area contributed by atoms with E-state index in [9.17, 15) is 0 Å². The van der Waals surface area contributed by atoms with Crippen molar-refractivity contribution in [1.29, 1.82) is 0 Å². The third-order valence-corrected chi connectivity index (χ3v) is 3.17. The van der Waals surface area contributed by atoms with E-state index in [1.54, 1.807) is 0 Å². The standard InChI is InChI=1S/C13H21NO3/c1-9-6-13(11(3)17-9)10(2)14-7-12-4-5-15-8-16-12/h6,10,12,14H,4-5,7-8H2,1-3H3. The molecule has 1 N–H and O–H groups in total. The molecule has 1 saturated heterocycles. The summed E-state index contributed by atoms with van der Waals surface area (Å²) in [6.45, 7) is 8.20.